The number of carbonyl (C=O) groups is 2. The number of hydrogen-bond donors (Lipinski definition) is 1. The fourth-order valence-electron chi connectivity index (χ4n) is 2.92. The van der Waals surface area contributed by atoms with Crippen LogP contribution in [0.5, 0.6) is 0 Å². The molecular weight excluding hydrogens is 246 g/mol. The lowest BCUT2D eigenvalue weighted by molar-refractivity contribution is -0.142. The van der Waals surface area contributed by atoms with Crippen LogP contribution in [-0.4, -0.2) is 48.2 Å². The molecule has 0 aromatic carbocycles. The molecule has 0 bridgehead atoms. The molecule has 1 N–H and O–H groups in total. The molecule has 1 aliphatic carbocycles. The molecule has 1 saturated carbocycles. The topological polar surface area (TPSA) is 66.8 Å². The number of carboxylic acids is 1. The van der Waals surface area contributed by atoms with E-state index in [4.69, 9.17) is 4.74 Å². The van der Waals surface area contributed by atoms with Gasteiger partial charge in [-0.15, -0.1) is 0 Å². The Morgan fingerprint density at radius 1 is 1.32 bits per heavy atom. The first-order chi connectivity index (χ1) is 9.13. The zero-order valence-corrected chi connectivity index (χ0v) is 11.5. The largest absolute Gasteiger partial charge is 0.481 e. The van der Waals surface area contributed by atoms with Gasteiger partial charge in [-0.25, -0.2) is 0 Å². The summed E-state index contributed by atoms with van der Waals surface area (Å²) in [7, 11) is 0. The molecule has 0 aromatic rings. The molecular formula is C14H23NO4. The van der Waals surface area contributed by atoms with E-state index in [2.05, 4.69) is 0 Å². The normalized spacial score (nSPS) is 26.7. The second kappa shape index (κ2) is 6.37. The molecule has 108 valence electrons. The van der Waals surface area contributed by atoms with Crippen LogP contribution in [0.25, 0.3) is 0 Å². The van der Waals surface area contributed by atoms with E-state index in [1.54, 1.807) is 4.90 Å². The molecule has 5 heteroatoms. The van der Waals surface area contributed by atoms with Crippen molar-refractivity contribution in [1.29, 1.82) is 0 Å². The highest BCUT2D eigenvalue weighted by atomic mass is 16.5. The number of hydrogen-bond acceptors (Lipinski definition) is 3. The highest BCUT2D eigenvalue weighted by molar-refractivity contribution is 5.79. The molecule has 0 unspecified atom stereocenters. The molecule has 2 fully saturated rings. The number of carbonyl (C=O) groups excluding carboxylic acids is 1. The predicted molar refractivity (Wildman–Crippen MR) is 69.6 cm³/mol. The summed E-state index contributed by atoms with van der Waals surface area (Å²) < 4.78 is 5.21. The van der Waals surface area contributed by atoms with Crippen LogP contribution in [0, 0.1) is 17.8 Å². The third-order valence-electron chi connectivity index (χ3n) is 4.15. The lowest BCUT2D eigenvalue weighted by Gasteiger charge is -2.16. The van der Waals surface area contributed by atoms with Crippen molar-refractivity contribution in [3.8, 4) is 0 Å². The number of carboxylic acid groups (broad SMARTS) is 1. The van der Waals surface area contributed by atoms with Gasteiger partial charge in [-0.1, -0.05) is 0 Å². The van der Waals surface area contributed by atoms with Crippen LogP contribution in [0.2, 0.25) is 0 Å². The van der Waals surface area contributed by atoms with Gasteiger partial charge in [-0.2, -0.15) is 0 Å². The molecule has 2 aliphatic rings. The third kappa shape index (κ3) is 3.69. The van der Waals surface area contributed by atoms with Crippen molar-refractivity contribution >= 4 is 11.9 Å². The van der Waals surface area contributed by atoms with E-state index >= 15 is 0 Å². The Labute approximate surface area is 113 Å². The third-order valence-corrected chi connectivity index (χ3v) is 4.15. The summed E-state index contributed by atoms with van der Waals surface area (Å²) in [5.74, 6) is -0.324. The quantitative estimate of drug-likeness (QED) is 0.709. The van der Waals surface area contributed by atoms with Crippen LogP contribution < -0.4 is 0 Å². The van der Waals surface area contributed by atoms with Crippen molar-refractivity contribution in [3.63, 3.8) is 0 Å². The lowest BCUT2D eigenvalue weighted by atomic mass is 9.92. The van der Waals surface area contributed by atoms with Crippen molar-refractivity contribution < 1.29 is 19.4 Å². The van der Waals surface area contributed by atoms with Gasteiger partial charge in [0.05, 0.1) is 5.92 Å². The van der Waals surface area contributed by atoms with Gasteiger partial charge in [0.2, 0.25) is 5.91 Å². The van der Waals surface area contributed by atoms with Gasteiger partial charge >= 0.3 is 5.97 Å². The predicted octanol–water partition coefficient (Wildman–Crippen LogP) is 1.37. The van der Waals surface area contributed by atoms with Gasteiger partial charge in [0.25, 0.3) is 0 Å². The van der Waals surface area contributed by atoms with Gasteiger partial charge in [-0.3, -0.25) is 9.59 Å². The van der Waals surface area contributed by atoms with Crippen molar-refractivity contribution in [2.75, 3.05) is 26.3 Å². The molecule has 2 atom stereocenters. The molecule has 0 aromatic heterocycles. The molecule has 1 aliphatic heterocycles. The first-order valence-electron chi connectivity index (χ1n) is 7.21. The number of amides is 1. The summed E-state index contributed by atoms with van der Waals surface area (Å²) in [4.78, 5) is 25.0. The minimum absolute atomic E-state index is 0.0779. The van der Waals surface area contributed by atoms with E-state index in [1.807, 2.05) is 6.92 Å². The van der Waals surface area contributed by atoms with Gasteiger partial charge < -0.3 is 14.7 Å². The maximum atomic E-state index is 12.0. The molecule has 5 nitrogen and oxygen atoms in total. The van der Waals surface area contributed by atoms with Gasteiger partial charge in [-0.05, 0) is 38.0 Å². The SMILES string of the molecule is CCOCCCC(=O)N1C[C@H](C(=O)O)[C@@H](C2CC2)C1. The van der Waals surface area contributed by atoms with Crippen molar-refractivity contribution in [1.82, 2.24) is 4.90 Å². The van der Waals surface area contributed by atoms with Crippen LogP contribution in [-0.2, 0) is 14.3 Å². The van der Waals surface area contributed by atoms with E-state index < -0.39 is 5.97 Å². The zero-order chi connectivity index (χ0) is 13.8. The second-order valence-electron chi connectivity index (χ2n) is 5.55. The van der Waals surface area contributed by atoms with E-state index in [-0.39, 0.29) is 17.7 Å². The first-order valence-corrected chi connectivity index (χ1v) is 7.21. The molecule has 0 spiro atoms. The van der Waals surface area contributed by atoms with E-state index in [9.17, 15) is 14.7 Å². The molecule has 1 saturated heterocycles. The van der Waals surface area contributed by atoms with Crippen molar-refractivity contribution in [3.05, 3.63) is 0 Å². The minimum atomic E-state index is -0.749. The second-order valence-corrected chi connectivity index (χ2v) is 5.55. The summed E-state index contributed by atoms with van der Waals surface area (Å²) in [5.41, 5.74) is 0. The zero-order valence-electron chi connectivity index (χ0n) is 11.5. The number of nitrogens with zero attached hydrogens (tertiary/aromatic N) is 1. The van der Waals surface area contributed by atoms with Crippen molar-refractivity contribution in [2.45, 2.75) is 32.6 Å². The highest BCUT2D eigenvalue weighted by Gasteiger charge is 2.46. The van der Waals surface area contributed by atoms with Crippen LogP contribution in [0.1, 0.15) is 32.6 Å². The summed E-state index contributed by atoms with van der Waals surface area (Å²) in [6, 6.07) is 0. The Hall–Kier alpha value is -1.10. The summed E-state index contributed by atoms with van der Waals surface area (Å²) in [6.07, 6.45) is 3.43. The van der Waals surface area contributed by atoms with Gasteiger partial charge in [0.15, 0.2) is 0 Å². The fourth-order valence-corrected chi connectivity index (χ4v) is 2.92. The Balaban J connectivity index is 1.81. The Bertz CT molecular complexity index is 340. The molecule has 0 radical (unpaired) electrons. The molecule has 1 amide bonds. The van der Waals surface area contributed by atoms with Crippen LogP contribution in [0.4, 0.5) is 0 Å². The maximum Gasteiger partial charge on any atom is 0.308 e. The van der Waals surface area contributed by atoms with E-state index in [0.717, 1.165) is 19.3 Å². The molecule has 19 heavy (non-hydrogen) atoms. The van der Waals surface area contributed by atoms with Crippen LogP contribution in [0.3, 0.4) is 0 Å². The average Bonchev–Trinajstić information content (AvgIpc) is 3.12. The van der Waals surface area contributed by atoms with Crippen LogP contribution >= 0.6 is 0 Å². The lowest BCUT2D eigenvalue weighted by Crippen LogP contribution is -2.29. The standard InChI is InChI=1S/C14H23NO4/c1-2-19-7-3-4-13(16)15-8-11(10-5-6-10)12(9-15)14(17)18/h10-12H,2-9H2,1H3,(H,17,18)/t11-,12+/m1/s1. The van der Waals surface area contributed by atoms with Crippen LogP contribution in [0.15, 0.2) is 0 Å². The number of ether oxygens (including phenoxy) is 1. The Morgan fingerprint density at radius 3 is 2.63 bits per heavy atom. The number of rotatable bonds is 7. The van der Waals surface area contributed by atoms with Gasteiger partial charge in [0.1, 0.15) is 0 Å². The summed E-state index contributed by atoms with van der Waals surface area (Å²) >= 11 is 0. The highest BCUT2D eigenvalue weighted by Crippen LogP contribution is 2.44. The smallest absolute Gasteiger partial charge is 0.308 e. The Morgan fingerprint density at radius 2 is 2.05 bits per heavy atom. The average molecular weight is 269 g/mol. The maximum absolute atomic E-state index is 12.0. The van der Waals surface area contributed by atoms with E-state index in [1.165, 1.54) is 0 Å². The molecule has 1 heterocycles. The van der Waals surface area contributed by atoms with E-state index in [0.29, 0.717) is 38.6 Å². The Kier molecular flexibility index (Phi) is 4.80. The van der Waals surface area contributed by atoms with Gasteiger partial charge in [0, 0.05) is 32.7 Å². The summed E-state index contributed by atoms with van der Waals surface area (Å²) in [6.45, 7) is 4.23. The fraction of sp³-hybridized carbons (Fsp3) is 0.857. The number of likely N-dealkylation sites (tertiary alicyclic amines) is 1. The van der Waals surface area contributed by atoms with Crippen molar-refractivity contribution in [2.24, 2.45) is 17.8 Å². The molecule has 2 rings (SSSR count). The minimum Gasteiger partial charge on any atom is -0.481 e. The summed E-state index contributed by atoms with van der Waals surface area (Å²) in [5, 5.41) is 9.25. The monoisotopic (exact) mass is 269 g/mol. The first kappa shape index (κ1) is 14.3. The number of aliphatic carboxylic acids is 1.